The van der Waals surface area contributed by atoms with E-state index < -0.39 is 79.2 Å². The number of phenolic OH excluding ortho intramolecular Hbond substituents is 1. The van der Waals surface area contributed by atoms with Gasteiger partial charge in [0.1, 0.15) is 23.9 Å². The predicted molar refractivity (Wildman–Crippen MR) is 121 cm³/mol. The van der Waals surface area contributed by atoms with Crippen molar-refractivity contribution >= 4 is 35.6 Å². The van der Waals surface area contributed by atoms with E-state index in [0.717, 1.165) is 0 Å². The first-order valence-electron chi connectivity index (χ1n) is 10.6. The number of phenols is 1. The van der Waals surface area contributed by atoms with Gasteiger partial charge in [-0.3, -0.25) is 24.0 Å². The number of nitrogens with two attached hydrogens (primary N) is 2. The molecule has 0 aromatic heterocycles. The molecule has 0 radical (unpaired) electrons. The number of aromatic hydroxyl groups is 1. The number of amides is 4. The van der Waals surface area contributed by atoms with Crippen LogP contribution in [-0.4, -0.2) is 86.8 Å². The number of rotatable bonds is 15. The zero-order valence-corrected chi connectivity index (χ0v) is 19.0. The van der Waals surface area contributed by atoms with E-state index in [9.17, 15) is 44.1 Å². The van der Waals surface area contributed by atoms with Crippen LogP contribution in [-0.2, 0) is 35.2 Å². The molecule has 11 N–H and O–H groups in total. The lowest BCUT2D eigenvalue weighted by Gasteiger charge is -2.23. The molecular weight excluding hydrogens is 482 g/mol. The van der Waals surface area contributed by atoms with Crippen LogP contribution < -0.4 is 27.4 Å². The van der Waals surface area contributed by atoms with Crippen LogP contribution in [0.4, 0.5) is 0 Å². The molecule has 36 heavy (non-hydrogen) atoms. The van der Waals surface area contributed by atoms with Gasteiger partial charge in [-0.2, -0.15) is 0 Å². The van der Waals surface area contributed by atoms with Crippen molar-refractivity contribution in [3.63, 3.8) is 0 Å². The Balaban J connectivity index is 2.87. The first-order valence-corrected chi connectivity index (χ1v) is 10.6. The number of aliphatic carboxylic acids is 2. The topological polar surface area (TPSA) is 271 Å². The van der Waals surface area contributed by atoms with Gasteiger partial charge >= 0.3 is 11.9 Å². The van der Waals surface area contributed by atoms with Crippen LogP contribution in [0.1, 0.15) is 24.8 Å². The number of aliphatic hydroxyl groups is 1. The highest BCUT2D eigenvalue weighted by Crippen LogP contribution is 2.11. The molecule has 1 aromatic carbocycles. The average molecular weight is 511 g/mol. The summed E-state index contributed by atoms with van der Waals surface area (Å²) in [5.41, 5.74) is 11.1. The summed E-state index contributed by atoms with van der Waals surface area (Å²) in [7, 11) is 0. The normalized spacial score (nSPS) is 13.9. The highest BCUT2D eigenvalue weighted by Gasteiger charge is 2.31. The van der Waals surface area contributed by atoms with Gasteiger partial charge in [0.25, 0.3) is 0 Å². The van der Waals surface area contributed by atoms with Gasteiger partial charge in [-0.05, 0) is 24.1 Å². The minimum absolute atomic E-state index is 0.0434. The van der Waals surface area contributed by atoms with E-state index in [4.69, 9.17) is 16.6 Å². The Kier molecular flexibility index (Phi) is 11.8. The van der Waals surface area contributed by atoms with Crippen LogP contribution in [0.2, 0.25) is 0 Å². The first-order chi connectivity index (χ1) is 16.8. The van der Waals surface area contributed by atoms with Gasteiger partial charge in [-0.25, -0.2) is 4.79 Å². The number of carbonyl (C=O) groups excluding carboxylic acids is 4. The minimum Gasteiger partial charge on any atom is -0.508 e. The van der Waals surface area contributed by atoms with Crippen LogP contribution in [0.5, 0.6) is 5.75 Å². The first kappa shape index (κ1) is 29.8. The number of carboxylic acids is 2. The molecular formula is C21H29N5O10. The predicted octanol–water partition coefficient (Wildman–Crippen LogP) is -3.47. The molecule has 198 valence electrons. The second kappa shape index (κ2) is 14.2. The lowest BCUT2D eigenvalue weighted by Crippen LogP contribution is -2.58. The van der Waals surface area contributed by atoms with E-state index >= 15 is 0 Å². The van der Waals surface area contributed by atoms with E-state index in [0.29, 0.717) is 5.56 Å². The monoisotopic (exact) mass is 511 g/mol. The molecule has 0 fully saturated rings. The molecule has 4 atom stereocenters. The summed E-state index contributed by atoms with van der Waals surface area (Å²) in [4.78, 5) is 70.9. The molecule has 4 amide bonds. The summed E-state index contributed by atoms with van der Waals surface area (Å²) >= 11 is 0. The van der Waals surface area contributed by atoms with Gasteiger partial charge in [0.2, 0.25) is 23.6 Å². The zero-order chi connectivity index (χ0) is 27.4. The van der Waals surface area contributed by atoms with Crippen LogP contribution >= 0.6 is 0 Å². The third-order valence-electron chi connectivity index (χ3n) is 4.85. The summed E-state index contributed by atoms with van der Waals surface area (Å²) < 4.78 is 0. The Morgan fingerprint density at radius 2 is 1.36 bits per heavy atom. The van der Waals surface area contributed by atoms with Gasteiger partial charge in [-0.15, -0.1) is 0 Å². The third-order valence-corrected chi connectivity index (χ3v) is 4.85. The molecule has 0 saturated carbocycles. The number of aliphatic hydroxyl groups excluding tert-OH is 1. The Morgan fingerprint density at radius 1 is 0.833 bits per heavy atom. The Bertz CT molecular complexity index is 968. The fraction of sp³-hybridized carbons (Fsp3) is 0.429. The van der Waals surface area contributed by atoms with Crippen LogP contribution in [0.25, 0.3) is 0 Å². The maximum Gasteiger partial charge on any atom is 0.326 e. The van der Waals surface area contributed by atoms with Crippen molar-refractivity contribution < 1.29 is 49.2 Å². The van der Waals surface area contributed by atoms with Crippen LogP contribution in [0.15, 0.2) is 24.3 Å². The maximum atomic E-state index is 12.6. The van der Waals surface area contributed by atoms with Gasteiger partial charge < -0.3 is 47.8 Å². The smallest absolute Gasteiger partial charge is 0.326 e. The average Bonchev–Trinajstić information content (AvgIpc) is 2.80. The van der Waals surface area contributed by atoms with Crippen molar-refractivity contribution in [2.45, 2.75) is 49.9 Å². The van der Waals surface area contributed by atoms with E-state index in [1.54, 1.807) is 0 Å². The van der Waals surface area contributed by atoms with Crippen molar-refractivity contribution in [3.05, 3.63) is 29.8 Å². The standard InChI is InChI=1S/C21H29N5O10/c22-12(5-6-17(30)31)18(32)24-13(8-16(23)29)19(33)26-15(9-27)20(34)25-14(21(35)36)7-10-1-3-11(28)4-2-10/h1-4,12-15,27-28H,5-9,22H2,(H2,23,29)(H,24,32)(H,25,34)(H,26,33)(H,30,31)(H,35,36). The molecule has 0 aliphatic carbocycles. The largest absolute Gasteiger partial charge is 0.508 e. The van der Waals surface area contributed by atoms with E-state index in [2.05, 4.69) is 16.0 Å². The van der Waals surface area contributed by atoms with Crippen molar-refractivity contribution in [2.24, 2.45) is 11.5 Å². The molecule has 15 heteroatoms. The summed E-state index contributed by atoms with van der Waals surface area (Å²) in [6, 6.07) is -0.505. The van der Waals surface area contributed by atoms with Gasteiger partial charge in [-0.1, -0.05) is 12.1 Å². The number of benzene rings is 1. The molecule has 0 aliphatic rings. The lowest BCUT2D eigenvalue weighted by atomic mass is 10.1. The van der Waals surface area contributed by atoms with E-state index in [-0.39, 0.29) is 18.6 Å². The molecule has 1 aromatic rings. The van der Waals surface area contributed by atoms with Crippen LogP contribution in [0.3, 0.4) is 0 Å². The third kappa shape index (κ3) is 10.4. The number of hydrogen-bond acceptors (Lipinski definition) is 9. The Morgan fingerprint density at radius 3 is 1.86 bits per heavy atom. The molecule has 1 rings (SSSR count). The second-order valence-corrected chi connectivity index (χ2v) is 7.78. The number of carboxylic acid groups (broad SMARTS) is 2. The fourth-order valence-corrected chi connectivity index (χ4v) is 2.91. The van der Waals surface area contributed by atoms with Crippen molar-refractivity contribution in [2.75, 3.05) is 6.61 Å². The highest BCUT2D eigenvalue weighted by molar-refractivity contribution is 5.96. The zero-order valence-electron chi connectivity index (χ0n) is 19.0. The van der Waals surface area contributed by atoms with Crippen LogP contribution in [0, 0.1) is 0 Å². The Hall–Kier alpha value is -4.24. The number of nitrogens with one attached hydrogen (secondary N) is 3. The van der Waals surface area contributed by atoms with E-state index in [1.807, 2.05) is 0 Å². The number of hydrogen-bond donors (Lipinski definition) is 9. The summed E-state index contributed by atoms with van der Waals surface area (Å²) in [5.74, 6) is -6.79. The highest BCUT2D eigenvalue weighted by atomic mass is 16.4. The van der Waals surface area contributed by atoms with Gasteiger partial charge in [0.05, 0.1) is 19.1 Å². The summed E-state index contributed by atoms with van der Waals surface area (Å²) in [5, 5.41) is 43.4. The summed E-state index contributed by atoms with van der Waals surface area (Å²) in [6.07, 6.45) is -1.57. The molecule has 0 aliphatic heterocycles. The quantitative estimate of drug-likeness (QED) is 0.112. The molecule has 0 bridgehead atoms. The number of carbonyl (C=O) groups is 6. The summed E-state index contributed by atoms with van der Waals surface area (Å²) in [6.45, 7) is -0.960. The molecule has 0 spiro atoms. The molecule has 4 unspecified atom stereocenters. The van der Waals surface area contributed by atoms with Crippen molar-refractivity contribution in [1.29, 1.82) is 0 Å². The maximum absolute atomic E-state index is 12.6. The Labute approximate surface area is 204 Å². The fourth-order valence-electron chi connectivity index (χ4n) is 2.91. The molecule has 0 saturated heterocycles. The van der Waals surface area contributed by atoms with E-state index in [1.165, 1.54) is 24.3 Å². The van der Waals surface area contributed by atoms with Gasteiger partial charge in [0, 0.05) is 12.8 Å². The minimum atomic E-state index is -1.66. The van der Waals surface area contributed by atoms with Crippen molar-refractivity contribution in [1.82, 2.24) is 16.0 Å². The lowest BCUT2D eigenvalue weighted by molar-refractivity contribution is -0.142. The number of primary amides is 1. The SMILES string of the molecule is NC(=O)CC(NC(=O)C(N)CCC(=O)O)C(=O)NC(CO)C(=O)NC(Cc1ccc(O)cc1)C(=O)O. The molecule has 15 nitrogen and oxygen atoms in total. The van der Waals surface area contributed by atoms with Gasteiger partial charge in [0.15, 0.2) is 0 Å². The van der Waals surface area contributed by atoms with Crippen molar-refractivity contribution in [3.8, 4) is 5.75 Å². The molecule has 0 heterocycles. The second-order valence-electron chi connectivity index (χ2n) is 7.78.